The van der Waals surface area contributed by atoms with Crippen molar-refractivity contribution >= 4 is 5.65 Å². The minimum atomic E-state index is -0.380. The van der Waals surface area contributed by atoms with Gasteiger partial charge in [0, 0.05) is 12.4 Å². The SMILES string of the molecule is CCC(O)c1ccc2nc(C(C)C)cn2c1. The first-order chi connectivity index (χ1) is 7.61. The lowest BCUT2D eigenvalue weighted by Crippen LogP contribution is -1.97. The molecule has 1 N–H and O–H groups in total. The van der Waals surface area contributed by atoms with Crippen molar-refractivity contribution in [2.24, 2.45) is 0 Å². The van der Waals surface area contributed by atoms with Crippen LogP contribution in [0.25, 0.3) is 5.65 Å². The maximum Gasteiger partial charge on any atom is 0.137 e. The Labute approximate surface area is 95.8 Å². The second kappa shape index (κ2) is 4.26. The topological polar surface area (TPSA) is 37.5 Å². The van der Waals surface area contributed by atoms with E-state index in [0.717, 1.165) is 23.3 Å². The van der Waals surface area contributed by atoms with Gasteiger partial charge < -0.3 is 9.51 Å². The van der Waals surface area contributed by atoms with Gasteiger partial charge in [-0.05, 0) is 24.0 Å². The third-order valence-corrected chi connectivity index (χ3v) is 2.86. The van der Waals surface area contributed by atoms with Crippen LogP contribution in [0.1, 0.15) is 50.5 Å². The highest BCUT2D eigenvalue weighted by Crippen LogP contribution is 2.19. The molecule has 0 radical (unpaired) electrons. The summed E-state index contributed by atoms with van der Waals surface area (Å²) in [5.74, 6) is 0.430. The van der Waals surface area contributed by atoms with Crippen molar-refractivity contribution in [2.45, 2.75) is 39.2 Å². The van der Waals surface area contributed by atoms with Gasteiger partial charge >= 0.3 is 0 Å². The molecule has 2 rings (SSSR count). The van der Waals surface area contributed by atoms with Gasteiger partial charge in [0.2, 0.25) is 0 Å². The first-order valence-corrected chi connectivity index (χ1v) is 5.78. The van der Waals surface area contributed by atoms with Gasteiger partial charge in [0.25, 0.3) is 0 Å². The van der Waals surface area contributed by atoms with Gasteiger partial charge in [-0.1, -0.05) is 26.8 Å². The zero-order chi connectivity index (χ0) is 11.7. The predicted molar refractivity (Wildman–Crippen MR) is 64.5 cm³/mol. The highest BCUT2D eigenvalue weighted by molar-refractivity contribution is 5.42. The molecular formula is C13H18N2O. The highest BCUT2D eigenvalue weighted by atomic mass is 16.3. The van der Waals surface area contributed by atoms with Crippen molar-refractivity contribution in [3.8, 4) is 0 Å². The van der Waals surface area contributed by atoms with Crippen molar-refractivity contribution in [1.82, 2.24) is 9.38 Å². The first-order valence-electron chi connectivity index (χ1n) is 5.78. The predicted octanol–water partition coefficient (Wildman–Crippen LogP) is 2.90. The summed E-state index contributed by atoms with van der Waals surface area (Å²) in [7, 11) is 0. The third-order valence-electron chi connectivity index (χ3n) is 2.86. The maximum atomic E-state index is 9.77. The fourth-order valence-electron chi connectivity index (χ4n) is 1.74. The highest BCUT2D eigenvalue weighted by Gasteiger charge is 2.08. The normalized spacial score (nSPS) is 13.6. The van der Waals surface area contributed by atoms with E-state index in [4.69, 9.17) is 0 Å². The Morgan fingerprint density at radius 3 is 2.69 bits per heavy atom. The van der Waals surface area contributed by atoms with Gasteiger partial charge in [-0.15, -0.1) is 0 Å². The number of aliphatic hydroxyl groups is 1. The maximum absolute atomic E-state index is 9.77. The van der Waals surface area contributed by atoms with Gasteiger partial charge in [0.05, 0.1) is 11.8 Å². The molecule has 1 atom stereocenters. The molecule has 0 amide bonds. The quantitative estimate of drug-likeness (QED) is 0.860. The van der Waals surface area contributed by atoms with Crippen LogP contribution in [-0.4, -0.2) is 14.5 Å². The second-order valence-electron chi connectivity index (χ2n) is 4.47. The van der Waals surface area contributed by atoms with Crippen LogP contribution in [0.4, 0.5) is 0 Å². The molecule has 3 heteroatoms. The molecule has 0 saturated heterocycles. The van der Waals surface area contributed by atoms with E-state index in [1.54, 1.807) is 0 Å². The average Bonchev–Trinajstić information content (AvgIpc) is 2.70. The number of imidazole rings is 1. The van der Waals surface area contributed by atoms with Gasteiger partial charge in [-0.25, -0.2) is 4.98 Å². The Morgan fingerprint density at radius 1 is 1.31 bits per heavy atom. The lowest BCUT2D eigenvalue weighted by molar-refractivity contribution is 0.173. The fourth-order valence-corrected chi connectivity index (χ4v) is 1.74. The van der Waals surface area contributed by atoms with Gasteiger partial charge in [0.15, 0.2) is 0 Å². The minimum Gasteiger partial charge on any atom is -0.388 e. The summed E-state index contributed by atoms with van der Waals surface area (Å²) in [5, 5.41) is 9.77. The van der Waals surface area contributed by atoms with E-state index >= 15 is 0 Å². The molecule has 16 heavy (non-hydrogen) atoms. The molecule has 3 nitrogen and oxygen atoms in total. The molecule has 2 heterocycles. The number of pyridine rings is 1. The van der Waals surface area contributed by atoms with E-state index in [1.165, 1.54) is 0 Å². The minimum absolute atomic E-state index is 0.380. The van der Waals surface area contributed by atoms with Crippen LogP contribution in [0, 0.1) is 0 Å². The molecule has 2 aromatic rings. The molecule has 86 valence electrons. The molecule has 0 fully saturated rings. The molecule has 0 aromatic carbocycles. The lowest BCUT2D eigenvalue weighted by atomic mass is 10.1. The Balaban J connectivity index is 2.45. The second-order valence-corrected chi connectivity index (χ2v) is 4.47. The summed E-state index contributed by atoms with van der Waals surface area (Å²) >= 11 is 0. The van der Waals surface area contributed by atoms with Crippen LogP contribution in [-0.2, 0) is 0 Å². The molecule has 0 aliphatic rings. The summed E-state index contributed by atoms with van der Waals surface area (Å²) in [6.07, 6.45) is 4.35. The zero-order valence-corrected chi connectivity index (χ0v) is 10.0. The van der Waals surface area contributed by atoms with E-state index in [9.17, 15) is 5.11 Å². The molecular weight excluding hydrogens is 200 g/mol. The molecule has 2 aromatic heterocycles. The van der Waals surface area contributed by atoms with E-state index in [2.05, 4.69) is 18.8 Å². The number of nitrogens with zero attached hydrogens (tertiary/aromatic N) is 2. The van der Waals surface area contributed by atoms with Gasteiger partial charge in [-0.3, -0.25) is 0 Å². The standard InChI is InChI=1S/C13H18N2O/c1-4-12(16)10-5-6-13-14-11(9(2)3)8-15(13)7-10/h5-9,12,16H,4H2,1-3H3. The van der Waals surface area contributed by atoms with Crippen molar-refractivity contribution in [2.75, 3.05) is 0 Å². The van der Waals surface area contributed by atoms with Crippen molar-refractivity contribution in [3.63, 3.8) is 0 Å². The summed E-state index contributed by atoms with van der Waals surface area (Å²) in [6.45, 7) is 6.23. The monoisotopic (exact) mass is 218 g/mol. The van der Waals surface area contributed by atoms with Crippen LogP contribution in [0.2, 0.25) is 0 Å². The van der Waals surface area contributed by atoms with E-state index in [-0.39, 0.29) is 6.10 Å². The summed E-state index contributed by atoms with van der Waals surface area (Å²) < 4.78 is 1.99. The van der Waals surface area contributed by atoms with Crippen LogP contribution in [0.15, 0.2) is 24.5 Å². The van der Waals surface area contributed by atoms with Crippen LogP contribution in [0.5, 0.6) is 0 Å². The van der Waals surface area contributed by atoms with Gasteiger partial charge in [0.1, 0.15) is 5.65 Å². The van der Waals surface area contributed by atoms with Crippen LogP contribution >= 0.6 is 0 Å². The number of hydrogen-bond donors (Lipinski definition) is 1. The van der Waals surface area contributed by atoms with Gasteiger partial charge in [-0.2, -0.15) is 0 Å². The van der Waals surface area contributed by atoms with E-state index in [0.29, 0.717) is 5.92 Å². The van der Waals surface area contributed by atoms with Crippen molar-refractivity contribution < 1.29 is 5.11 Å². The Morgan fingerprint density at radius 2 is 2.06 bits per heavy atom. The van der Waals surface area contributed by atoms with Crippen LogP contribution < -0.4 is 0 Å². The number of fused-ring (bicyclic) bond motifs is 1. The zero-order valence-electron chi connectivity index (χ0n) is 10.0. The Bertz CT molecular complexity index is 488. The summed E-state index contributed by atoms with van der Waals surface area (Å²) in [4.78, 5) is 4.52. The smallest absolute Gasteiger partial charge is 0.137 e. The number of aliphatic hydroxyl groups excluding tert-OH is 1. The van der Waals surface area contributed by atoms with Crippen LogP contribution in [0.3, 0.4) is 0 Å². The molecule has 0 aliphatic heterocycles. The largest absolute Gasteiger partial charge is 0.388 e. The molecule has 1 unspecified atom stereocenters. The number of hydrogen-bond acceptors (Lipinski definition) is 2. The fraction of sp³-hybridized carbons (Fsp3) is 0.462. The van der Waals surface area contributed by atoms with E-state index < -0.39 is 0 Å². The number of rotatable bonds is 3. The summed E-state index contributed by atoms with van der Waals surface area (Å²) in [5.41, 5.74) is 2.97. The first kappa shape index (κ1) is 11.1. The molecule has 0 spiro atoms. The van der Waals surface area contributed by atoms with Crippen molar-refractivity contribution in [1.29, 1.82) is 0 Å². The molecule has 0 saturated carbocycles. The number of aromatic nitrogens is 2. The molecule has 0 bridgehead atoms. The van der Waals surface area contributed by atoms with Crippen molar-refractivity contribution in [3.05, 3.63) is 35.8 Å². The third kappa shape index (κ3) is 1.95. The Hall–Kier alpha value is -1.35. The Kier molecular flexibility index (Phi) is 2.97. The molecule has 0 aliphatic carbocycles. The van der Waals surface area contributed by atoms with E-state index in [1.807, 2.05) is 35.9 Å². The lowest BCUT2D eigenvalue weighted by Gasteiger charge is -2.07. The summed E-state index contributed by atoms with van der Waals surface area (Å²) in [6, 6.07) is 3.90. The average molecular weight is 218 g/mol.